The molecule has 0 atom stereocenters. The van der Waals surface area contributed by atoms with Crippen molar-refractivity contribution in [3.8, 4) is 11.3 Å². The fourth-order valence-electron chi connectivity index (χ4n) is 1.05. The maximum absolute atomic E-state index is 12.9. The lowest BCUT2D eigenvalue weighted by atomic mass is 10.2. The van der Waals surface area contributed by atoms with E-state index in [1.54, 1.807) is 12.3 Å². The molecule has 0 aliphatic carbocycles. The lowest BCUT2D eigenvalue weighted by Gasteiger charge is -1.97. The predicted molar refractivity (Wildman–Crippen MR) is 49.6 cm³/mol. The van der Waals surface area contributed by atoms with Crippen LogP contribution in [0.3, 0.4) is 0 Å². The van der Waals surface area contributed by atoms with Crippen molar-refractivity contribution in [2.24, 2.45) is 0 Å². The lowest BCUT2D eigenvalue weighted by Crippen LogP contribution is -1.78. The summed E-state index contributed by atoms with van der Waals surface area (Å²) in [6, 6.07) is 4.55. The monoisotopic (exact) mass is 241 g/mol. The molecule has 13 heavy (non-hydrogen) atoms. The number of hydrogen-bond acceptors (Lipinski definition) is 2. The summed E-state index contributed by atoms with van der Waals surface area (Å²) in [5.41, 5.74) is 0.671. The van der Waals surface area contributed by atoms with Crippen molar-refractivity contribution in [1.29, 1.82) is 0 Å². The minimum absolute atomic E-state index is 0.305. The molecule has 0 saturated carbocycles. The molecular weight excluding hydrogens is 237 g/mol. The number of oxazole rings is 1. The Bertz CT molecular complexity index is 393. The molecule has 2 aromatic rings. The summed E-state index contributed by atoms with van der Waals surface area (Å²) in [6.45, 7) is 0. The van der Waals surface area contributed by atoms with E-state index >= 15 is 0 Å². The number of nitrogens with zero attached hydrogens (tertiary/aromatic N) is 1. The van der Waals surface area contributed by atoms with Crippen LogP contribution in [0.1, 0.15) is 0 Å². The minimum atomic E-state index is -0.305. The van der Waals surface area contributed by atoms with Gasteiger partial charge >= 0.3 is 0 Å². The molecule has 0 saturated heterocycles. The Morgan fingerprint density at radius 1 is 1.31 bits per heavy atom. The second-order valence-corrected chi connectivity index (χ2v) is 3.44. The third-order valence-corrected chi connectivity index (χ3v) is 2.04. The predicted octanol–water partition coefficient (Wildman–Crippen LogP) is 3.24. The molecule has 1 aromatic carbocycles. The molecule has 66 valence electrons. The third-order valence-electron chi connectivity index (χ3n) is 1.58. The van der Waals surface area contributed by atoms with Crippen LogP contribution in [0.2, 0.25) is 0 Å². The highest BCUT2D eigenvalue weighted by Crippen LogP contribution is 2.23. The van der Waals surface area contributed by atoms with E-state index in [4.69, 9.17) is 4.42 Å². The van der Waals surface area contributed by atoms with E-state index in [0.717, 1.165) is 0 Å². The van der Waals surface area contributed by atoms with Crippen LogP contribution in [-0.4, -0.2) is 4.98 Å². The summed E-state index contributed by atoms with van der Waals surface area (Å²) >= 11 is 3.20. The minimum Gasteiger partial charge on any atom is -0.444 e. The Morgan fingerprint density at radius 2 is 2.15 bits per heavy atom. The van der Waals surface area contributed by atoms with Crippen LogP contribution in [-0.2, 0) is 0 Å². The first-order valence-electron chi connectivity index (χ1n) is 3.60. The summed E-state index contributed by atoms with van der Waals surface area (Å²) in [5, 5.41) is 0. The molecule has 0 radical (unpaired) electrons. The zero-order valence-electron chi connectivity index (χ0n) is 6.50. The van der Waals surface area contributed by atoms with Crippen LogP contribution in [0.5, 0.6) is 0 Å². The Hall–Kier alpha value is -1.16. The summed E-state index contributed by atoms with van der Waals surface area (Å²) in [7, 11) is 0. The second kappa shape index (κ2) is 3.30. The molecule has 1 aromatic heterocycles. The average molecular weight is 242 g/mol. The standard InChI is InChI=1S/C9H5BrFNO/c10-7-1-6(2-8(11)3-7)9-4-12-5-13-9/h1-5H. The molecule has 2 nitrogen and oxygen atoms in total. The van der Waals surface area contributed by atoms with E-state index in [2.05, 4.69) is 20.9 Å². The van der Waals surface area contributed by atoms with Crippen LogP contribution in [0.15, 0.2) is 39.7 Å². The number of rotatable bonds is 1. The van der Waals surface area contributed by atoms with Gasteiger partial charge in [-0.25, -0.2) is 9.37 Å². The van der Waals surface area contributed by atoms with Crippen molar-refractivity contribution in [1.82, 2.24) is 4.98 Å². The van der Waals surface area contributed by atoms with Gasteiger partial charge in [0.15, 0.2) is 12.2 Å². The van der Waals surface area contributed by atoms with Crippen molar-refractivity contribution < 1.29 is 8.81 Å². The summed E-state index contributed by atoms with van der Waals surface area (Å²) < 4.78 is 18.6. The third kappa shape index (κ3) is 1.78. The van der Waals surface area contributed by atoms with Crippen molar-refractivity contribution in [2.75, 3.05) is 0 Å². The van der Waals surface area contributed by atoms with Gasteiger partial charge in [0.1, 0.15) is 5.82 Å². The molecule has 0 fully saturated rings. The van der Waals surface area contributed by atoms with Crippen molar-refractivity contribution in [3.63, 3.8) is 0 Å². The van der Waals surface area contributed by atoms with Crippen LogP contribution in [0.4, 0.5) is 4.39 Å². The van der Waals surface area contributed by atoms with E-state index in [1.807, 2.05) is 0 Å². The van der Waals surface area contributed by atoms with Crippen molar-refractivity contribution in [2.45, 2.75) is 0 Å². The summed E-state index contributed by atoms with van der Waals surface area (Å²) in [5.74, 6) is 0.251. The van der Waals surface area contributed by atoms with Gasteiger partial charge in [0.2, 0.25) is 0 Å². The maximum atomic E-state index is 12.9. The lowest BCUT2D eigenvalue weighted by molar-refractivity contribution is 0.570. The van der Waals surface area contributed by atoms with E-state index in [1.165, 1.54) is 18.5 Å². The molecule has 0 bridgehead atoms. The van der Waals surface area contributed by atoms with E-state index < -0.39 is 0 Å². The molecule has 0 aliphatic heterocycles. The van der Waals surface area contributed by atoms with Gasteiger partial charge in [-0.05, 0) is 18.2 Å². The first kappa shape index (κ1) is 8.44. The van der Waals surface area contributed by atoms with Gasteiger partial charge in [-0.2, -0.15) is 0 Å². The highest BCUT2D eigenvalue weighted by molar-refractivity contribution is 9.10. The average Bonchev–Trinajstić information content (AvgIpc) is 2.53. The second-order valence-electron chi connectivity index (χ2n) is 2.52. The van der Waals surface area contributed by atoms with E-state index in [0.29, 0.717) is 15.8 Å². The largest absolute Gasteiger partial charge is 0.444 e. The SMILES string of the molecule is Fc1cc(Br)cc(-c2cnco2)c1. The molecule has 0 aliphatic rings. The fourth-order valence-corrected chi connectivity index (χ4v) is 1.52. The Morgan fingerprint density at radius 3 is 2.77 bits per heavy atom. The molecule has 4 heteroatoms. The molecule has 2 rings (SSSR count). The fraction of sp³-hybridized carbons (Fsp3) is 0. The number of hydrogen-bond donors (Lipinski definition) is 0. The summed E-state index contributed by atoms with van der Waals surface area (Å²) in [4.78, 5) is 3.75. The van der Waals surface area contributed by atoms with Crippen LogP contribution in [0.25, 0.3) is 11.3 Å². The Labute approximate surface area is 82.5 Å². The highest BCUT2D eigenvalue weighted by atomic mass is 79.9. The topological polar surface area (TPSA) is 26.0 Å². The molecule has 1 heterocycles. The van der Waals surface area contributed by atoms with Gasteiger partial charge < -0.3 is 4.42 Å². The quantitative estimate of drug-likeness (QED) is 0.767. The van der Waals surface area contributed by atoms with E-state index in [-0.39, 0.29) is 5.82 Å². The highest BCUT2D eigenvalue weighted by Gasteiger charge is 2.04. The first-order chi connectivity index (χ1) is 6.25. The Balaban J connectivity index is 2.53. The number of benzene rings is 1. The van der Waals surface area contributed by atoms with Crippen molar-refractivity contribution in [3.05, 3.63) is 41.1 Å². The van der Waals surface area contributed by atoms with Gasteiger partial charge in [-0.15, -0.1) is 0 Å². The first-order valence-corrected chi connectivity index (χ1v) is 4.40. The van der Waals surface area contributed by atoms with E-state index in [9.17, 15) is 4.39 Å². The van der Waals surface area contributed by atoms with Gasteiger partial charge in [-0.3, -0.25) is 0 Å². The molecule has 0 unspecified atom stereocenters. The van der Waals surface area contributed by atoms with Crippen LogP contribution >= 0.6 is 15.9 Å². The van der Waals surface area contributed by atoms with Gasteiger partial charge in [0, 0.05) is 10.0 Å². The maximum Gasteiger partial charge on any atom is 0.181 e. The molecule has 0 N–H and O–H groups in total. The number of halogens is 2. The van der Waals surface area contributed by atoms with Gasteiger partial charge in [0.25, 0.3) is 0 Å². The van der Waals surface area contributed by atoms with Gasteiger partial charge in [-0.1, -0.05) is 15.9 Å². The molecule has 0 amide bonds. The number of aromatic nitrogens is 1. The smallest absolute Gasteiger partial charge is 0.181 e. The van der Waals surface area contributed by atoms with Crippen LogP contribution in [0, 0.1) is 5.82 Å². The zero-order valence-corrected chi connectivity index (χ0v) is 8.08. The van der Waals surface area contributed by atoms with Crippen molar-refractivity contribution >= 4 is 15.9 Å². The summed E-state index contributed by atoms with van der Waals surface area (Å²) in [6.07, 6.45) is 2.86. The van der Waals surface area contributed by atoms with Crippen LogP contribution < -0.4 is 0 Å². The molecule has 0 spiro atoms. The normalized spacial score (nSPS) is 10.3. The Kier molecular flexibility index (Phi) is 2.14. The zero-order chi connectivity index (χ0) is 9.26. The van der Waals surface area contributed by atoms with Gasteiger partial charge in [0.05, 0.1) is 6.20 Å². The molecular formula is C9H5BrFNO.